The fourth-order valence-electron chi connectivity index (χ4n) is 3.68. The highest BCUT2D eigenvalue weighted by atomic mass is 32.2. The van der Waals surface area contributed by atoms with E-state index in [1.54, 1.807) is 32.0 Å². The molecule has 3 rings (SSSR count). The lowest BCUT2D eigenvalue weighted by molar-refractivity contribution is -0.141. The summed E-state index contributed by atoms with van der Waals surface area (Å²) >= 11 is 0. The minimum Gasteiger partial charge on any atom is -0.351 e. The number of nitrogens with one attached hydrogen (secondary N) is 2. The van der Waals surface area contributed by atoms with Gasteiger partial charge in [0.2, 0.25) is 5.91 Å². The molecule has 6 nitrogen and oxygen atoms in total. The van der Waals surface area contributed by atoms with Crippen LogP contribution in [0.4, 0.5) is 17.6 Å². The summed E-state index contributed by atoms with van der Waals surface area (Å²) < 4.78 is 68.4. The molecule has 37 heavy (non-hydrogen) atoms. The van der Waals surface area contributed by atoms with Gasteiger partial charge in [-0.1, -0.05) is 36.4 Å². The normalized spacial score (nSPS) is 13.0. The van der Waals surface area contributed by atoms with E-state index in [0.717, 1.165) is 6.07 Å². The number of pyridine rings is 1. The van der Waals surface area contributed by atoms with Gasteiger partial charge in [0, 0.05) is 30.5 Å². The molecule has 0 radical (unpaired) electrons. The van der Waals surface area contributed by atoms with Gasteiger partial charge in [0.1, 0.15) is 17.6 Å². The third kappa shape index (κ3) is 6.78. The summed E-state index contributed by atoms with van der Waals surface area (Å²) in [7, 11) is -1.31. The number of nitrogens with zero attached hydrogens (tertiary/aromatic N) is 2. The molecule has 2 aromatic carbocycles. The summed E-state index contributed by atoms with van der Waals surface area (Å²) in [6.07, 6.45) is -3.27. The van der Waals surface area contributed by atoms with E-state index in [4.69, 9.17) is 0 Å². The second-order valence-corrected chi connectivity index (χ2v) is 9.57. The predicted molar refractivity (Wildman–Crippen MR) is 132 cm³/mol. The molecule has 2 N–H and O–H groups in total. The topological polar surface area (TPSA) is 94.9 Å². The van der Waals surface area contributed by atoms with Gasteiger partial charge in [0.05, 0.1) is 28.2 Å². The molecule has 0 fully saturated rings. The standard InChI is InChI=1S/C26H24F4N4O2S/c1-15-5-4-6-20(21(15)12-31)24-19(9-10-23(34-24)26(28,29)30)13-32-25(35)16(2)17-7-8-18(22(27)11-17)14-33-37(3)36/h4-11,16,33H,13-14H2,1-3H3,(H,32,35). The molecule has 0 saturated heterocycles. The lowest BCUT2D eigenvalue weighted by Gasteiger charge is -2.17. The number of aromatic nitrogens is 1. The highest BCUT2D eigenvalue weighted by Gasteiger charge is 2.33. The predicted octanol–water partition coefficient (Wildman–Crippen LogP) is 4.89. The van der Waals surface area contributed by atoms with Gasteiger partial charge in [0.25, 0.3) is 0 Å². The Labute approximate surface area is 214 Å². The number of hydrogen-bond acceptors (Lipinski definition) is 4. The van der Waals surface area contributed by atoms with E-state index in [0.29, 0.717) is 16.7 Å². The molecule has 1 amide bonds. The molecule has 0 saturated carbocycles. The fourth-order valence-corrected chi connectivity index (χ4v) is 4.04. The van der Waals surface area contributed by atoms with Gasteiger partial charge in [-0.05, 0) is 42.7 Å². The molecule has 2 atom stereocenters. The van der Waals surface area contributed by atoms with Crippen molar-refractivity contribution in [3.05, 3.63) is 87.9 Å². The van der Waals surface area contributed by atoms with Crippen LogP contribution in [0, 0.1) is 24.1 Å². The number of rotatable bonds is 8. The first-order valence-corrected chi connectivity index (χ1v) is 12.7. The molecule has 1 aromatic heterocycles. The lowest BCUT2D eigenvalue weighted by atomic mass is 9.96. The van der Waals surface area contributed by atoms with E-state index in [9.17, 15) is 31.8 Å². The number of carbonyl (C=O) groups excluding carboxylic acids is 1. The Morgan fingerprint density at radius 3 is 2.46 bits per heavy atom. The van der Waals surface area contributed by atoms with Crippen LogP contribution in [-0.2, 0) is 35.0 Å². The SMILES string of the molecule is Cc1cccc(-c2nc(C(F)(F)F)ccc2CNC(=O)C(C)c2ccc(CNS(C)=O)c(F)c2)c1C#N. The van der Waals surface area contributed by atoms with Crippen molar-refractivity contribution in [2.45, 2.75) is 39.0 Å². The van der Waals surface area contributed by atoms with Gasteiger partial charge >= 0.3 is 6.18 Å². The number of amides is 1. The van der Waals surface area contributed by atoms with Crippen LogP contribution in [0.25, 0.3) is 11.3 Å². The lowest BCUT2D eigenvalue weighted by Crippen LogP contribution is -2.28. The van der Waals surface area contributed by atoms with Crippen LogP contribution in [0.1, 0.15) is 46.4 Å². The third-order valence-electron chi connectivity index (χ3n) is 5.80. The first kappa shape index (κ1) is 28.0. The van der Waals surface area contributed by atoms with Crippen molar-refractivity contribution in [2.24, 2.45) is 0 Å². The highest BCUT2D eigenvalue weighted by molar-refractivity contribution is 7.82. The van der Waals surface area contributed by atoms with Crippen LogP contribution < -0.4 is 10.0 Å². The molecule has 1 heterocycles. The molecule has 0 aliphatic heterocycles. The van der Waals surface area contributed by atoms with Crippen LogP contribution in [0.2, 0.25) is 0 Å². The zero-order valence-electron chi connectivity index (χ0n) is 20.2. The highest BCUT2D eigenvalue weighted by Crippen LogP contribution is 2.33. The molecule has 0 bridgehead atoms. The molecule has 3 aromatic rings. The van der Waals surface area contributed by atoms with Gasteiger partial charge in [-0.15, -0.1) is 0 Å². The number of alkyl halides is 3. The average Bonchev–Trinajstić information content (AvgIpc) is 2.85. The largest absolute Gasteiger partial charge is 0.433 e. The van der Waals surface area contributed by atoms with Crippen LogP contribution >= 0.6 is 0 Å². The summed E-state index contributed by atoms with van der Waals surface area (Å²) in [5.74, 6) is -1.81. The van der Waals surface area contributed by atoms with Gasteiger partial charge in [-0.2, -0.15) is 18.4 Å². The maximum absolute atomic E-state index is 14.5. The molecule has 194 valence electrons. The van der Waals surface area contributed by atoms with E-state index in [2.05, 4.69) is 15.0 Å². The van der Waals surface area contributed by atoms with Crippen LogP contribution in [0.15, 0.2) is 48.5 Å². The Morgan fingerprint density at radius 1 is 1.14 bits per heavy atom. The molecule has 0 aliphatic rings. The number of halogens is 4. The molecule has 2 unspecified atom stereocenters. The number of hydrogen-bond donors (Lipinski definition) is 2. The quantitative estimate of drug-likeness (QED) is 0.404. The van der Waals surface area contributed by atoms with Gasteiger partial charge in [0.15, 0.2) is 0 Å². The third-order valence-corrected chi connectivity index (χ3v) is 6.35. The summed E-state index contributed by atoms with van der Waals surface area (Å²) in [5.41, 5.74) is 0.792. The maximum atomic E-state index is 14.5. The molecular formula is C26H24F4N4O2S. The number of aryl methyl sites for hydroxylation is 1. The Balaban J connectivity index is 1.86. The van der Waals surface area contributed by atoms with Crippen LogP contribution in [-0.4, -0.2) is 21.4 Å². The number of carbonyl (C=O) groups is 1. The second kappa shape index (κ2) is 11.6. The second-order valence-electron chi connectivity index (χ2n) is 8.38. The van der Waals surface area contributed by atoms with Crippen LogP contribution in [0.5, 0.6) is 0 Å². The molecule has 0 spiro atoms. The van der Waals surface area contributed by atoms with E-state index in [-0.39, 0.29) is 35.5 Å². The first-order chi connectivity index (χ1) is 17.4. The van der Waals surface area contributed by atoms with Crippen LogP contribution in [0.3, 0.4) is 0 Å². The summed E-state index contributed by atoms with van der Waals surface area (Å²) in [4.78, 5) is 16.6. The van der Waals surface area contributed by atoms with Crippen molar-refractivity contribution in [1.82, 2.24) is 15.0 Å². The fraction of sp³-hybridized carbons (Fsp3) is 0.269. The number of benzene rings is 2. The zero-order valence-corrected chi connectivity index (χ0v) is 21.1. The Hall–Kier alpha value is -3.62. The summed E-state index contributed by atoms with van der Waals surface area (Å²) in [6, 6.07) is 13.1. The number of nitriles is 1. The zero-order chi connectivity index (χ0) is 27.3. The average molecular weight is 533 g/mol. The van der Waals surface area contributed by atoms with Crippen molar-refractivity contribution >= 4 is 16.9 Å². The van der Waals surface area contributed by atoms with Gasteiger partial charge in [-0.25, -0.2) is 18.3 Å². The molecule has 0 aliphatic carbocycles. The Morgan fingerprint density at radius 2 is 1.84 bits per heavy atom. The van der Waals surface area contributed by atoms with Crippen molar-refractivity contribution in [1.29, 1.82) is 5.26 Å². The monoisotopic (exact) mass is 532 g/mol. The van der Waals surface area contributed by atoms with E-state index >= 15 is 0 Å². The summed E-state index contributed by atoms with van der Waals surface area (Å²) in [6.45, 7) is 3.14. The van der Waals surface area contributed by atoms with Crippen molar-refractivity contribution in [2.75, 3.05) is 6.26 Å². The molecule has 11 heteroatoms. The molecular weight excluding hydrogens is 508 g/mol. The van der Waals surface area contributed by atoms with E-state index < -0.39 is 40.5 Å². The minimum absolute atomic E-state index is 0.0563. The van der Waals surface area contributed by atoms with Crippen molar-refractivity contribution < 1.29 is 26.6 Å². The van der Waals surface area contributed by atoms with E-state index in [1.165, 1.54) is 30.5 Å². The van der Waals surface area contributed by atoms with Crippen molar-refractivity contribution in [3.63, 3.8) is 0 Å². The Kier molecular flexibility index (Phi) is 8.78. The summed E-state index contributed by atoms with van der Waals surface area (Å²) in [5, 5.41) is 12.3. The first-order valence-electron chi connectivity index (χ1n) is 11.1. The maximum Gasteiger partial charge on any atom is 0.433 e. The van der Waals surface area contributed by atoms with Gasteiger partial charge < -0.3 is 5.32 Å². The minimum atomic E-state index is -4.69. The van der Waals surface area contributed by atoms with Crippen molar-refractivity contribution in [3.8, 4) is 17.3 Å². The van der Waals surface area contributed by atoms with Gasteiger partial charge in [-0.3, -0.25) is 4.79 Å². The van der Waals surface area contributed by atoms with E-state index in [1.807, 2.05) is 6.07 Å². The smallest absolute Gasteiger partial charge is 0.351 e. The Bertz CT molecular complexity index is 1390.